The Bertz CT molecular complexity index is 537. The van der Waals surface area contributed by atoms with E-state index < -0.39 is 0 Å². The zero-order valence-corrected chi connectivity index (χ0v) is 10.8. The number of benzene rings is 1. The van der Waals surface area contributed by atoms with Crippen molar-refractivity contribution in [2.24, 2.45) is 0 Å². The lowest BCUT2D eigenvalue weighted by molar-refractivity contribution is 0.326. The third-order valence-corrected chi connectivity index (χ3v) is 5.23. The van der Waals surface area contributed by atoms with Gasteiger partial charge in [0.25, 0.3) is 0 Å². The van der Waals surface area contributed by atoms with Gasteiger partial charge in [-0.15, -0.1) is 0 Å². The molecule has 90 valence electrons. The molecule has 0 atom stereocenters. The topological polar surface area (TPSA) is 43.8 Å². The predicted octanol–water partition coefficient (Wildman–Crippen LogP) is 2.90. The normalized spacial score (nSPS) is 18.2. The standard InChI is InChI=1S/C13H17N3S/c1-17-13(7-4-8-13)9-16-11-6-3-2-5-10(11)15-12(16)14/h2-3,5-6H,4,7-9H2,1H3,(H2,14,15). The predicted molar refractivity (Wildman–Crippen MR) is 74.2 cm³/mol. The van der Waals surface area contributed by atoms with Crippen LogP contribution in [0.5, 0.6) is 0 Å². The largest absolute Gasteiger partial charge is 0.369 e. The lowest BCUT2D eigenvalue weighted by Gasteiger charge is -2.40. The highest BCUT2D eigenvalue weighted by Gasteiger charge is 2.37. The summed E-state index contributed by atoms with van der Waals surface area (Å²) in [5.41, 5.74) is 8.19. The molecule has 0 unspecified atom stereocenters. The van der Waals surface area contributed by atoms with Crippen LogP contribution in [0.1, 0.15) is 19.3 Å². The highest BCUT2D eigenvalue weighted by molar-refractivity contribution is 8.00. The molecule has 1 heterocycles. The molecule has 3 rings (SSSR count). The van der Waals surface area contributed by atoms with Crippen LogP contribution in [0.15, 0.2) is 24.3 Å². The molecule has 3 nitrogen and oxygen atoms in total. The van der Waals surface area contributed by atoms with Crippen molar-refractivity contribution < 1.29 is 0 Å². The quantitative estimate of drug-likeness (QED) is 0.907. The smallest absolute Gasteiger partial charge is 0.201 e. The molecular weight excluding hydrogens is 230 g/mol. The van der Waals surface area contributed by atoms with Crippen molar-refractivity contribution in [2.75, 3.05) is 12.0 Å². The van der Waals surface area contributed by atoms with Crippen LogP contribution in [0, 0.1) is 0 Å². The Morgan fingerprint density at radius 2 is 2.18 bits per heavy atom. The van der Waals surface area contributed by atoms with Gasteiger partial charge < -0.3 is 10.3 Å². The van der Waals surface area contributed by atoms with Crippen LogP contribution >= 0.6 is 11.8 Å². The van der Waals surface area contributed by atoms with E-state index in [4.69, 9.17) is 5.73 Å². The van der Waals surface area contributed by atoms with Crippen molar-refractivity contribution in [3.8, 4) is 0 Å². The molecule has 1 saturated carbocycles. The molecule has 1 aromatic heterocycles. The first-order valence-corrected chi connectivity index (χ1v) is 7.22. The van der Waals surface area contributed by atoms with Crippen molar-refractivity contribution in [3.05, 3.63) is 24.3 Å². The molecule has 0 amide bonds. The maximum atomic E-state index is 6.04. The Balaban J connectivity index is 2.02. The number of thioether (sulfide) groups is 1. The first-order chi connectivity index (χ1) is 8.24. The summed E-state index contributed by atoms with van der Waals surface area (Å²) in [6.45, 7) is 0.987. The average Bonchev–Trinajstić information content (AvgIpc) is 2.60. The number of nitrogen functional groups attached to an aromatic ring is 1. The minimum atomic E-state index is 0.386. The fourth-order valence-corrected chi connectivity index (χ4v) is 3.50. The summed E-state index contributed by atoms with van der Waals surface area (Å²) in [4.78, 5) is 4.42. The lowest BCUT2D eigenvalue weighted by Crippen LogP contribution is -2.38. The van der Waals surface area contributed by atoms with E-state index in [1.54, 1.807) is 0 Å². The summed E-state index contributed by atoms with van der Waals surface area (Å²) in [7, 11) is 0. The van der Waals surface area contributed by atoms with Crippen LogP contribution in [-0.4, -0.2) is 20.6 Å². The zero-order valence-electron chi connectivity index (χ0n) is 10.0. The molecular formula is C13H17N3S. The van der Waals surface area contributed by atoms with Crippen LogP contribution in [-0.2, 0) is 6.54 Å². The van der Waals surface area contributed by atoms with Crippen LogP contribution in [0.25, 0.3) is 11.0 Å². The fourth-order valence-electron chi connectivity index (χ4n) is 2.55. The number of nitrogens with zero attached hydrogens (tertiary/aromatic N) is 2. The van der Waals surface area contributed by atoms with Gasteiger partial charge in [0.05, 0.1) is 11.0 Å². The van der Waals surface area contributed by atoms with Crippen molar-refractivity contribution >= 4 is 28.7 Å². The number of hydrogen-bond donors (Lipinski definition) is 1. The summed E-state index contributed by atoms with van der Waals surface area (Å²) in [6.07, 6.45) is 6.13. The van der Waals surface area contributed by atoms with E-state index in [9.17, 15) is 0 Å². The van der Waals surface area contributed by atoms with E-state index in [1.165, 1.54) is 19.3 Å². The molecule has 1 aromatic carbocycles. The summed E-state index contributed by atoms with van der Waals surface area (Å²) >= 11 is 1.97. The van der Waals surface area contributed by atoms with Crippen LogP contribution < -0.4 is 5.73 Å². The van der Waals surface area contributed by atoms with Gasteiger partial charge in [0.2, 0.25) is 5.95 Å². The number of aromatic nitrogens is 2. The zero-order chi connectivity index (χ0) is 11.9. The van der Waals surface area contributed by atoms with E-state index in [-0.39, 0.29) is 0 Å². The first-order valence-electron chi connectivity index (χ1n) is 6.00. The fraction of sp³-hybridized carbons (Fsp3) is 0.462. The van der Waals surface area contributed by atoms with Crippen LogP contribution in [0.2, 0.25) is 0 Å². The van der Waals surface area contributed by atoms with Gasteiger partial charge in [-0.25, -0.2) is 4.98 Å². The second-order valence-corrected chi connectivity index (χ2v) is 6.06. The number of rotatable bonds is 3. The number of para-hydroxylation sites is 2. The van der Waals surface area contributed by atoms with Gasteiger partial charge in [-0.05, 0) is 31.2 Å². The number of anilines is 1. The van der Waals surface area contributed by atoms with Gasteiger partial charge >= 0.3 is 0 Å². The van der Waals surface area contributed by atoms with Crippen molar-refractivity contribution in [3.63, 3.8) is 0 Å². The molecule has 1 aliphatic carbocycles. The number of fused-ring (bicyclic) bond motifs is 1. The maximum absolute atomic E-state index is 6.04. The van der Waals surface area contributed by atoms with Crippen LogP contribution in [0.3, 0.4) is 0 Å². The Morgan fingerprint density at radius 3 is 2.82 bits per heavy atom. The molecule has 0 bridgehead atoms. The van der Waals surface area contributed by atoms with E-state index in [1.807, 2.05) is 30.0 Å². The molecule has 17 heavy (non-hydrogen) atoms. The maximum Gasteiger partial charge on any atom is 0.201 e. The minimum Gasteiger partial charge on any atom is -0.369 e. The Hall–Kier alpha value is -1.16. The van der Waals surface area contributed by atoms with Crippen LogP contribution in [0.4, 0.5) is 5.95 Å². The Kier molecular flexibility index (Phi) is 2.54. The summed E-state index contributed by atoms with van der Waals surface area (Å²) < 4.78 is 2.56. The lowest BCUT2D eigenvalue weighted by atomic mass is 9.84. The minimum absolute atomic E-state index is 0.386. The van der Waals surface area contributed by atoms with Gasteiger partial charge in [-0.3, -0.25) is 0 Å². The number of imidazole rings is 1. The Labute approximate surface area is 105 Å². The van der Waals surface area contributed by atoms with Crippen molar-refractivity contribution in [2.45, 2.75) is 30.6 Å². The first kappa shape index (κ1) is 11.0. The highest BCUT2D eigenvalue weighted by Crippen LogP contribution is 2.44. The van der Waals surface area contributed by atoms with E-state index in [0.29, 0.717) is 10.7 Å². The number of hydrogen-bond acceptors (Lipinski definition) is 3. The van der Waals surface area contributed by atoms with E-state index in [0.717, 1.165) is 17.6 Å². The van der Waals surface area contributed by atoms with Crippen molar-refractivity contribution in [1.82, 2.24) is 9.55 Å². The summed E-state index contributed by atoms with van der Waals surface area (Å²) in [6, 6.07) is 8.18. The molecule has 0 saturated heterocycles. The third-order valence-electron chi connectivity index (χ3n) is 3.83. The van der Waals surface area contributed by atoms with E-state index >= 15 is 0 Å². The molecule has 4 heteroatoms. The molecule has 0 radical (unpaired) electrons. The molecule has 0 spiro atoms. The SMILES string of the molecule is CSC1(Cn2c(N)nc3ccccc32)CCC1. The average molecular weight is 247 g/mol. The second-order valence-electron chi connectivity index (χ2n) is 4.79. The van der Waals surface area contributed by atoms with Gasteiger partial charge in [0, 0.05) is 11.3 Å². The Morgan fingerprint density at radius 1 is 1.41 bits per heavy atom. The van der Waals surface area contributed by atoms with Gasteiger partial charge in [-0.1, -0.05) is 18.6 Å². The second kappa shape index (κ2) is 3.95. The monoisotopic (exact) mass is 247 g/mol. The molecule has 1 fully saturated rings. The van der Waals surface area contributed by atoms with Crippen molar-refractivity contribution in [1.29, 1.82) is 0 Å². The molecule has 1 aliphatic rings. The van der Waals surface area contributed by atoms with Gasteiger partial charge in [-0.2, -0.15) is 11.8 Å². The molecule has 0 aliphatic heterocycles. The summed E-state index contributed by atoms with van der Waals surface area (Å²) in [5, 5.41) is 0. The summed E-state index contributed by atoms with van der Waals surface area (Å²) in [5.74, 6) is 0.645. The van der Waals surface area contributed by atoms with Gasteiger partial charge in [0.1, 0.15) is 0 Å². The number of nitrogens with two attached hydrogens (primary N) is 1. The molecule has 2 N–H and O–H groups in total. The highest BCUT2D eigenvalue weighted by atomic mass is 32.2. The third kappa shape index (κ3) is 1.71. The molecule has 2 aromatic rings. The van der Waals surface area contributed by atoms with Gasteiger partial charge in [0.15, 0.2) is 0 Å². The van der Waals surface area contributed by atoms with E-state index in [2.05, 4.69) is 21.9 Å².